The van der Waals surface area contributed by atoms with E-state index < -0.39 is 0 Å². The maximum Gasteiger partial charge on any atom is 0.236 e. The van der Waals surface area contributed by atoms with Gasteiger partial charge in [0, 0.05) is 25.8 Å². The molecule has 0 bridgehead atoms. The fourth-order valence-electron chi connectivity index (χ4n) is 2.77. The highest BCUT2D eigenvalue weighted by Gasteiger charge is 2.35. The van der Waals surface area contributed by atoms with Crippen molar-refractivity contribution in [2.24, 2.45) is 5.92 Å². The first-order valence-corrected chi connectivity index (χ1v) is 7.68. The summed E-state index contributed by atoms with van der Waals surface area (Å²) in [5, 5.41) is 15.9. The van der Waals surface area contributed by atoms with Crippen LogP contribution in [0.3, 0.4) is 0 Å². The van der Waals surface area contributed by atoms with E-state index in [0.29, 0.717) is 13.2 Å². The molecule has 118 valence electrons. The third-order valence-corrected chi connectivity index (χ3v) is 4.27. The minimum absolute atomic E-state index is 0.00690. The molecule has 0 aromatic heterocycles. The molecule has 0 aliphatic heterocycles. The molecule has 3 N–H and O–H groups in total. The molecule has 0 spiro atoms. The molecular weight excluding hydrogens is 256 g/mol. The van der Waals surface area contributed by atoms with Crippen LogP contribution < -0.4 is 10.6 Å². The van der Waals surface area contributed by atoms with Gasteiger partial charge in [-0.3, -0.25) is 10.1 Å². The molecule has 0 heterocycles. The fraction of sp³-hybridized carbons (Fsp3) is 0.933. The summed E-state index contributed by atoms with van der Waals surface area (Å²) in [5.41, 5.74) is -0.282. The van der Waals surface area contributed by atoms with Gasteiger partial charge in [0.1, 0.15) is 0 Å². The van der Waals surface area contributed by atoms with Gasteiger partial charge in [-0.2, -0.15) is 0 Å². The van der Waals surface area contributed by atoms with E-state index in [4.69, 9.17) is 4.74 Å². The van der Waals surface area contributed by atoms with Gasteiger partial charge in [-0.15, -0.1) is 0 Å². The molecule has 1 saturated carbocycles. The van der Waals surface area contributed by atoms with Crippen LogP contribution in [0, 0.1) is 5.92 Å². The second-order valence-electron chi connectivity index (χ2n) is 6.12. The quantitative estimate of drug-likeness (QED) is 0.584. The highest BCUT2D eigenvalue weighted by Crippen LogP contribution is 2.31. The Labute approximate surface area is 122 Å². The van der Waals surface area contributed by atoms with E-state index in [9.17, 15) is 9.90 Å². The number of ether oxygens (including phenoxy) is 1. The van der Waals surface area contributed by atoms with E-state index >= 15 is 0 Å². The predicted molar refractivity (Wildman–Crippen MR) is 79.5 cm³/mol. The normalized spacial score (nSPS) is 28.1. The van der Waals surface area contributed by atoms with E-state index in [-0.39, 0.29) is 24.1 Å². The van der Waals surface area contributed by atoms with Crippen LogP contribution in [0.25, 0.3) is 0 Å². The fourth-order valence-corrected chi connectivity index (χ4v) is 2.77. The third kappa shape index (κ3) is 5.38. The van der Waals surface area contributed by atoms with Gasteiger partial charge in [-0.05, 0) is 44.9 Å². The molecule has 1 rings (SSSR count). The maximum absolute atomic E-state index is 12.0. The van der Waals surface area contributed by atoms with Crippen LogP contribution in [0.2, 0.25) is 0 Å². The topological polar surface area (TPSA) is 70.6 Å². The molecule has 5 nitrogen and oxygen atoms in total. The van der Waals surface area contributed by atoms with Crippen LogP contribution in [0.5, 0.6) is 0 Å². The molecule has 0 saturated heterocycles. The zero-order valence-corrected chi connectivity index (χ0v) is 13.1. The Morgan fingerprint density at radius 1 is 1.45 bits per heavy atom. The van der Waals surface area contributed by atoms with Crippen molar-refractivity contribution in [2.45, 2.75) is 57.5 Å². The SMILES string of the molecule is COCCCNC(=O)C(C)NC1(CO)CCC(C)CC1. The van der Waals surface area contributed by atoms with Crippen LogP contribution in [-0.2, 0) is 9.53 Å². The molecule has 0 aromatic rings. The standard InChI is InChI=1S/C15H30N2O3/c1-12-5-7-15(11-18,8-6-12)17-13(2)14(19)16-9-4-10-20-3/h12-13,17-18H,4-11H2,1-3H3,(H,16,19). The Hall–Kier alpha value is -0.650. The lowest BCUT2D eigenvalue weighted by atomic mass is 9.77. The van der Waals surface area contributed by atoms with Crippen LogP contribution >= 0.6 is 0 Å². The zero-order chi connectivity index (χ0) is 15.0. The number of rotatable bonds is 8. The van der Waals surface area contributed by atoms with Gasteiger partial charge in [-0.25, -0.2) is 0 Å². The summed E-state index contributed by atoms with van der Waals surface area (Å²) in [4.78, 5) is 12.0. The van der Waals surface area contributed by atoms with Crippen molar-refractivity contribution >= 4 is 5.91 Å². The number of hydrogen-bond donors (Lipinski definition) is 3. The van der Waals surface area contributed by atoms with Gasteiger partial charge >= 0.3 is 0 Å². The summed E-state index contributed by atoms with van der Waals surface area (Å²) in [6.07, 6.45) is 4.90. The molecule has 0 radical (unpaired) electrons. The van der Waals surface area contributed by atoms with Gasteiger partial charge in [0.05, 0.1) is 12.6 Å². The van der Waals surface area contributed by atoms with Crippen molar-refractivity contribution in [3.63, 3.8) is 0 Å². The highest BCUT2D eigenvalue weighted by atomic mass is 16.5. The Kier molecular flexibility index (Phi) is 7.48. The molecule has 1 aliphatic rings. The molecule has 20 heavy (non-hydrogen) atoms. The lowest BCUT2D eigenvalue weighted by Gasteiger charge is -2.40. The highest BCUT2D eigenvalue weighted by molar-refractivity contribution is 5.81. The largest absolute Gasteiger partial charge is 0.394 e. The first-order chi connectivity index (χ1) is 9.53. The second-order valence-corrected chi connectivity index (χ2v) is 6.12. The summed E-state index contributed by atoms with van der Waals surface area (Å²) in [7, 11) is 1.65. The van der Waals surface area contributed by atoms with Crippen LogP contribution in [0.15, 0.2) is 0 Å². The van der Waals surface area contributed by atoms with Crippen LogP contribution in [0.4, 0.5) is 0 Å². The molecule has 0 aromatic carbocycles. The van der Waals surface area contributed by atoms with Gasteiger partial charge in [0.25, 0.3) is 0 Å². The predicted octanol–water partition coefficient (Wildman–Crippen LogP) is 1.06. The molecule has 1 atom stereocenters. The van der Waals surface area contributed by atoms with E-state index in [2.05, 4.69) is 17.6 Å². The number of aliphatic hydroxyl groups excluding tert-OH is 1. The summed E-state index contributed by atoms with van der Waals surface area (Å²) in [5.74, 6) is 0.710. The lowest BCUT2D eigenvalue weighted by Crippen LogP contribution is -2.57. The van der Waals surface area contributed by atoms with Gasteiger partial charge < -0.3 is 15.2 Å². The van der Waals surface area contributed by atoms with E-state index in [1.54, 1.807) is 7.11 Å². The van der Waals surface area contributed by atoms with Crippen LogP contribution in [-0.4, -0.2) is 49.5 Å². The van der Waals surface area contributed by atoms with Gasteiger partial charge in [0.15, 0.2) is 0 Å². The van der Waals surface area contributed by atoms with Crippen molar-refractivity contribution in [2.75, 3.05) is 26.9 Å². The number of hydrogen-bond acceptors (Lipinski definition) is 4. The van der Waals surface area contributed by atoms with Gasteiger partial charge in [-0.1, -0.05) is 6.92 Å². The summed E-state index contributed by atoms with van der Waals surface area (Å²) in [6.45, 7) is 5.48. The van der Waals surface area contributed by atoms with E-state index in [1.807, 2.05) is 6.92 Å². The van der Waals surface area contributed by atoms with Gasteiger partial charge in [0.2, 0.25) is 5.91 Å². The Morgan fingerprint density at radius 2 is 2.10 bits per heavy atom. The molecule has 1 unspecified atom stereocenters. The third-order valence-electron chi connectivity index (χ3n) is 4.27. The number of carbonyl (C=O) groups excluding carboxylic acids is 1. The average molecular weight is 286 g/mol. The summed E-state index contributed by atoms with van der Waals surface area (Å²) >= 11 is 0. The Bertz CT molecular complexity index is 289. The Morgan fingerprint density at radius 3 is 2.65 bits per heavy atom. The minimum atomic E-state index is -0.282. The monoisotopic (exact) mass is 286 g/mol. The minimum Gasteiger partial charge on any atom is -0.394 e. The lowest BCUT2D eigenvalue weighted by molar-refractivity contribution is -0.123. The maximum atomic E-state index is 12.0. The van der Waals surface area contributed by atoms with Crippen LogP contribution in [0.1, 0.15) is 46.0 Å². The van der Waals surface area contributed by atoms with Crippen molar-refractivity contribution in [1.29, 1.82) is 0 Å². The number of aliphatic hydroxyl groups is 1. The molecule has 1 fully saturated rings. The number of carbonyl (C=O) groups is 1. The van der Waals surface area contributed by atoms with E-state index in [0.717, 1.165) is 38.0 Å². The average Bonchev–Trinajstić information content (AvgIpc) is 2.46. The molecular formula is C15H30N2O3. The first kappa shape index (κ1) is 17.4. The summed E-state index contributed by atoms with van der Waals surface area (Å²) < 4.78 is 4.95. The second kappa shape index (κ2) is 8.60. The van der Waals surface area contributed by atoms with Crippen molar-refractivity contribution < 1.29 is 14.6 Å². The van der Waals surface area contributed by atoms with Crippen molar-refractivity contribution in [1.82, 2.24) is 10.6 Å². The molecule has 1 aliphatic carbocycles. The van der Waals surface area contributed by atoms with E-state index in [1.165, 1.54) is 0 Å². The number of nitrogens with one attached hydrogen (secondary N) is 2. The van der Waals surface area contributed by atoms with Crippen molar-refractivity contribution in [3.8, 4) is 0 Å². The first-order valence-electron chi connectivity index (χ1n) is 7.68. The number of amides is 1. The van der Waals surface area contributed by atoms with Crippen molar-refractivity contribution in [3.05, 3.63) is 0 Å². The zero-order valence-electron chi connectivity index (χ0n) is 13.1. The molecule has 1 amide bonds. The summed E-state index contributed by atoms with van der Waals surface area (Å²) in [6, 6.07) is -0.280. The molecule has 5 heteroatoms. The smallest absolute Gasteiger partial charge is 0.236 e. The Balaban J connectivity index is 2.38. The number of methoxy groups -OCH3 is 1.